The zero-order valence-electron chi connectivity index (χ0n) is 14.7. The van der Waals surface area contributed by atoms with Crippen molar-refractivity contribution >= 4 is 17.5 Å². The first-order valence-electron chi connectivity index (χ1n) is 8.56. The van der Waals surface area contributed by atoms with Gasteiger partial charge in [0.15, 0.2) is 5.82 Å². The van der Waals surface area contributed by atoms with Gasteiger partial charge in [0.1, 0.15) is 6.54 Å². The molecule has 3 aromatic heterocycles. The Labute approximate surface area is 159 Å². The summed E-state index contributed by atoms with van der Waals surface area (Å²) < 4.78 is 26.1. The number of urea groups is 1. The van der Waals surface area contributed by atoms with Gasteiger partial charge in [-0.3, -0.25) is 15.0 Å². The van der Waals surface area contributed by atoms with Gasteiger partial charge in [-0.2, -0.15) is 5.10 Å². The molecule has 1 aliphatic heterocycles. The number of nitrogens with one attached hydrogen (secondary N) is 1. The molecule has 3 aromatic rings. The highest BCUT2D eigenvalue weighted by Gasteiger charge is 2.27. The predicted molar refractivity (Wildman–Crippen MR) is 98.4 cm³/mol. The molecule has 0 spiro atoms. The Bertz CT molecular complexity index is 983. The summed E-state index contributed by atoms with van der Waals surface area (Å²) in [5.41, 5.74) is 9.07. The van der Waals surface area contributed by atoms with E-state index in [0.29, 0.717) is 17.1 Å². The molecule has 28 heavy (non-hydrogen) atoms. The van der Waals surface area contributed by atoms with Crippen molar-refractivity contribution in [3.8, 4) is 11.3 Å². The third kappa shape index (κ3) is 3.61. The molecule has 0 saturated heterocycles. The molecule has 0 aromatic carbocycles. The number of carbonyl (C=O) groups is 1. The number of anilines is 2. The maximum atomic E-state index is 12.6. The van der Waals surface area contributed by atoms with Crippen LogP contribution in [-0.4, -0.2) is 37.1 Å². The molecule has 1 aliphatic rings. The quantitative estimate of drug-likeness (QED) is 0.719. The number of nitrogens with two attached hydrogens (primary N) is 1. The molecular weight excluding hydrogens is 368 g/mol. The third-order valence-corrected chi connectivity index (χ3v) is 4.35. The van der Waals surface area contributed by atoms with Crippen LogP contribution < -0.4 is 11.1 Å². The predicted octanol–water partition coefficient (Wildman–Crippen LogP) is 2.74. The van der Waals surface area contributed by atoms with Gasteiger partial charge in [-0.25, -0.2) is 18.6 Å². The van der Waals surface area contributed by atoms with Crippen LogP contribution in [0.5, 0.6) is 0 Å². The van der Waals surface area contributed by atoms with Crippen molar-refractivity contribution in [2.24, 2.45) is 0 Å². The van der Waals surface area contributed by atoms with Crippen molar-refractivity contribution in [3.63, 3.8) is 0 Å². The van der Waals surface area contributed by atoms with E-state index in [9.17, 15) is 13.6 Å². The van der Waals surface area contributed by atoms with Crippen LogP contribution in [0.25, 0.3) is 11.3 Å². The van der Waals surface area contributed by atoms with Crippen molar-refractivity contribution < 1.29 is 13.6 Å². The van der Waals surface area contributed by atoms with E-state index in [4.69, 9.17) is 5.73 Å². The molecule has 3 N–H and O–H groups in total. The van der Waals surface area contributed by atoms with Gasteiger partial charge >= 0.3 is 6.03 Å². The molecule has 4 heterocycles. The van der Waals surface area contributed by atoms with Crippen molar-refractivity contribution in [3.05, 3.63) is 54.1 Å². The van der Waals surface area contributed by atoms with Crippen LogP contribution in [-0.2, 0) is 19.6 Å². The Morgan fingerprint density at radius 2 is 2.14 bits per heavy atom. The van der Waals surface area contributed by atoms with Crippen molar-refractivity contribution in [2.45, 2.75) is 26.1 Å². The molecule has 0 radical (unpaired) electrons. The molecule has 10 heteroatoms. The fourth-order valence-corrected chi connectivity index (χ4v) is 3.01. The largest absolute Gasteiger partial charge is 0.396 e. The standard InChI is InChI=1S/C18H17F2N7O/c19-16(20)10-27-8-12-7-26(9-15(12)25-27)18(28)24-17-13(21)3-4-14(23-17)11-2-1-5-22-6-11/h1-6,8,16H,7,9-10,21H2,(H,23,24,28). The SMILES string of the molecule is Nc1ccc(-c2cccnc2)nc1NC(=O)N1Cc2cn(CC(F)F)nc2C1. The summed E-state index contributed by atoms with van der Waals surface area (Å²) >= 11 is 0. The normalized spacial score (nSPS) is 13.0. The van der Waals surface area contributed by atoms with Gasteiger partial charge in [0, 0.05) is 29.7 Å². The van der Waals surface area contributed by atoms with Gasteiger partial charge in [-0.05, 0) is 24.3 Å². The molecule has 4 rings (SSSR count). The first kappa shape index (κ1) is 17.8. The second kappa shape index (κ2) is 7.22. The number of aromatic nitrogens is 4. The topological polar surface area (TPSA) is 102 Å². The number of hydrogen-bond acceptors (Lipinski definition) is 5. The Hall–Kier alpha value is -3.56. The molecule has 0 bridgehead atoms. The van der Waals surface area contributed by atoms with Crippen molar-refractivity contribution in [1.82, 2.24) is 24.6 Å². The number of halogens is 2. The average molecular weight is 385 g/mol. The lowest BCUT2D eigenvalue weighted by Crippen LogP contribution is -2.31. The molecule has 2 amide bonds. The molecule has 0 unspecified atom stereocenters. The van der Waals surface area contributed by atoms with E-state index in [2.05, 4.69) is 20.4 Å². The van der Waals surface area contributed by atoms with Gasteiger partial charge < -0.3 is 10.6 Å². The first-order chi connectivity index (χ1) is 13.5. The lowest BCUT2D eigenvalue weighted by molar-refractivity contribution is 0.121. The minimum absolute atomic E-state index is 0.236. The molecule has 0 atom stereocenters. The van der Waals surface area contributed by atoms with Crippen molar-refractivity contribution in [1.29, 1.82) is 0 Å². The van der Waals surface area contributed by atoms with Gasteiger partial charge in [-0.15, -0.1) is 0 Å². The lowest BCUT2D eigenvalue weighted by Gasteiger charge is -2.17. The zero-order chi connectivity index (χ0) is 19.7. The highest BCUT2D eigenvalue weighted by atomic mass is 19.3. The van der Waals surface area contributed by atoms with Crippen LogP contribution in [0, 0.1) is 0 Å². The first-order valence-corrected chi connectivity index (χ1v) is 8.56. The van der Waals surface area contributed by atoms with Crippen LogP contribution in [0.3, 0.4) is 0 Å². The van der Waals surface area contributed by atoms with Crippen LogP contribution in [0.4, 0.5) is 25.1 Å². The summed E-state index contributed by atoms with van der Waals surface area (Å²) in [4.78, 5) is 22.6. The Balaban J connectivity index is 1.46. The van der Waals surface area contributed by atoms with Gasteiger partial charge in [0.05, 0.1) is 30.2 Å². The summed E-state index contributed by atoms with van der Waals surface area (Å²) in [6.07, 6.45) is 2.40. The minimum Gasteiger partial charge on any atom is -0.396 e. The molecule has 8 nitrogen and oxygen atoms in total. The summed E-state index contributed by atoms with van der Waals surface area (Å²) in [5.74, 6) is 0.249. The molecule has 0 aliphatic carbocycles. The van der Waals surface area contributed by atoms with E-state index in [1.165, 1.54) is 9.58 Å². The third-order valence-electron chi connectivity index (χ3n) is 4.35. The highest BCUT2D eigenvalue weighted by Crippen LogP contribution is 2.25. The Kier molecular flexibility index (Phi) is 4.60. The zero-order valence-corrected chi connectivity index (χ0v) is 14.7. The van der Waals surface area contributed by atoms with Crippen LogP contribution in [0.15, 0.2) is 42.9 Å². The smallest absolute Gasteiger partial charge is 0.323 e. The summed E-state index contributed by atoms with van der Waals surface area (Å²) in [6.45, 7) is 0.0625. The van der Waals surface area contributed by atoms with E-state index < -0.39 is 13.0 Å². The summed E-state index contributed by atoms with van der Waals surface area (Å²) in [7, 11) is 0. The number of rotatable bonds is 4. The second-order valence-electron chi connectivity index (χ2n) is 6.38. The number of fused-ring (bicyclic) bond motifs is 1. The minimum atomic E-state index is -2.47. The van der Waals surface area contributed by atoms with E-state index in [-0.39, 0.29) is 24.9 Å². The van der Waals surface area contributed by atoms with Crippen LogP contribution >= 0.6 is 0 Å². The number of carbonyl (C=O) groups excluding carboxylic acids is 1. The average Bonchev–Trinajstić information content (AvgIpc) is 3.22. The van der Waals surface area contributed by atoms with Gasteiger partial charge in [0.25, 0.3) is 6.43 Å². The molecular formula is C18H17F2N7O. The summed E-state index contributed by atoms with van der Waals surface area (Å²) in [6, 6.07) is 6.67. The lowest BCUT2D eigenvalue weighted by atomic mass is 10.2. The van der Waals surface area contributed by atoms with Gasteiger partial charge in [-0.1, -0.05) is 0 Å². The van der Waals surface area contributed by atoms with E-state index >= 15 is 0 Å². The Morgan fingerprint density at radius 1 is 1.29 bits per heavy atom. The summed E-state index contributed by atoms with van der Waals surface area (Å²) in [5, 5.41) is 6.82. The maximum absolute atomic E-state index is 12.6. The van der Waals surface area contributed by atoms with Crippen molar-refractivity contribution in [2.75, 3.05) is 11.1 Å². The molecule has 0 fully saturated rings. The fraction of sp³-hybridized carbons (Fsp3) is 0.222. The second-order valence-corrected chi connectivity index (χ2v) is 6.38. The highest BCUT2D eigenvalue weighted by molar-refractivity contribution is 5.92. The van der Waals surface area contributed by atoms with E-state index in [1.807, 2.05) is 6.07 Å². The van der Waals surface area contributed by atoms with E-state index in [1.54, 1.807) is 36.8 Å². The number of pyridine rings is 2. The Morgan fingerprint density at radius 3 is 2.86 bits per heavy atom. The number of amides is 2. The monoisotopic (exact) mass is 385 g/mol. The molecule has 0 saturated carbocycles. The van der Waals surface area contributed by atoms with Crippen LogP contribution in [0.2, 0.25) is 0 Å². The number of nitrogen functional groups attached to an aromatic ring is 1. The fourth-order valence-electron chi connectivity index (χ4n) is 3.01. The molecule has 144 valence electrons. The van der Waals surface area contributed by atoms with E-state index in [0.717, 1.165) is 11.1 Å². The number of hydrogen-bond donors (Lipinski definition) is 2. The maximum Gasteiger partial charge on any atom is 0.323 e. The van der Waals surface area contributed by atoms with Gasteiger partial charge in [0.2, 0.25) is 0 Å². The van der Waals surface area contributed by atoms with Crippen LogP contribution in [0.1, 0.15) is 11.3 Å². The number of nitrogens with zero attached hydrogens (tertiary/aromatic N) is 5. The number of alkyl halides is 2.